The van der Waals surface area contributed by atoms with Crippen molar-refractivity contribution in [1.29, 1.82) is 0 Å². The Morgan fingerprint density at radius 1 is 1.58 bits per heavy atom. The SMILES string of the molecule is CC(=O)OC(C)(C)C[C@@]1(C[N+](=O)[O-])C[C@H]2CC=C[C@H]21. The Morgan fingerprint density at radius 3 is 2.79 bits per heavy atom. The van der Waals surface area contributed by atoms with Crippen molar-refractivity contribution in [2.24, 2.45) is 17.3 Å². The van der Waals surface area contributed by atoms with E-state index in [9.17, 15) is 14.9 Å². The van der Waals surface area contributed by atoms with Crippen molar-refractivity contribution >= 4 is 5.97 Å². The fourth-order valence-corrected chi connectivity index (χ4v) is 4.06. The molecular formula is C14H21NO4. The molecule has 5 nitrogen and oxygen atoms in total. The smallest absolute Gasteiger partial charge is 0.303 e. The van der Waals surface area contributed by atoms with E-state index in [4.69, 9.17) is 4.74 Å². The monoisotopic (exact) mass is 267 g/mol. The highest BCUT2D eigenvalue weighted by molar-refractivity contribution is 5.66. The average molecular weight is 267 g/mol. The molecule has 0 aromatic carbocycles. The Kier molecular flexibility index (Phi) is 3.41. The molecule has 0 aliphatic heterocycles. The summed E-state index contributed by atoms with van der Waals surface area (Å²) in [5.74, 6) is 0.486. The minimum atomic E-state index is -0.650. The number of nitro groups is 1. The molecule has 5 heteroatoms. The summed E-state index contributed by atoms with van der Waals surface area (Å²) in [6.07, 6.45) is 6.66. The predicted octanol–water partition coefficient (Wildman–Crippen LogP) is 2.58. The quantitative estimate of drug-likeness (QED) is 0.332. The maximum absolute atomic E-state index is 11.1. The second-order valence-electron chi connectivity index (χ2n) is 6.54. The minimum Gasteiger partial charge on any atom is -0.460 e. The van der Waals surface area contributed by atoms with Gasteiger partial charge in [0.1, 0.15) is 5.60 Å². The molecule has 2 rings (SSSR count). The van der Waals surface area contributed by atoms with E-state index in [0.29, 0.717) is 12.3 Å². The highest BCUT2D eigenvalue weighted by Crippen LogP contribution is 2.59. The van der Waals surface area contributed by atoms with Crippen molar-refractivity contribution in [2.75, 3.05) is 6.54 Å². The van der Waals surface area contributed by atoms with Gasteiger partial charge < -0.3 is 4.74 Å². The second kappa shape index (κ2) is 4.62. The van der Waals surface area contributed by atoms with E-state index in [-0.39, 0.29) is 28.8 Å². The van der Waals surface area contributed by atoms with Crippen LogP contribution in [-0.4, -0.2) is 23.0 Å². The van der Waals surface area contributed by atoms with Crippen LogP contribution in [0.4, 0.5) is 0 Å². The van der Waals surface area contributed by atoms with E-state index < -0.39 is 5.60 Å². The molecule has 106 valence electrons. The maximum atomic E-state index is 11.1. The number of esters is 1. The van der Waals surface area contributed by atoms with Crippen molar-refractivity contribution in [3.05, 3.63) is 22.3 Å². The van der Waals surface area contributed by atoms with Crippen LogP contribution in [0, 0.1) is 27.4 Å². The van der Waals surface area contributed by atoms with Crippen LogP contribution in [0.2, 0.25) is 0 Å². The zero-order valence-electron chi connectivity index (χ0n) is 11.7. The molecule has 2 aliphatic carbocycles. The highest BCUT2D eigenvalue weighted by Gasteiger charge is 2.58. The zero-order valence-corrected chi connectivity index (χ0v) is 11.7. The van der Waals surface area contributed by atoms with Gasteiger partial charge in [0, 0.05) is 17.3 Å². The third-order valence-corrected chi connectivity index (χ3v) is 4.31. The van der Waals surface area contributed by atoms with Gasteiger partial charge in [0.15, 0.2) is 0 Å². The average Bonchev–Trinajstić information content (AvgIpc) is 2.56. The van der Waals surface area contributed by atoms with Crippen LogP contribution < -0.4 is 0 Å². The molecule has 2 aliphatic rings. The molecule has 0 heterocycles. The molecule has 0 aromatic heterocycles. The summed E-state index contributed by atoms with van der Waals surface area (Å²) in [5.41, 5.74) is -0.997. The molecule has 0 bridgehead atoms. The first-order valence-corrected chi connectivity index (χ1v) is 6.72. The third-order valence-electron chi connectivity index (χ3n) is 4.31. The van der Waals surface area contributed by atoms with Crippen LogP contribution in [0.15, 0.2) is 12.2 Å². The lowest BCUT2D eigenvalue weighted by Gasteiger charge is -2.52. The number of nitrogens with zero attached hydrogens (tertiary/aromatic N) is 1. The van der Waals surface area contributed by atoms with E-state index in [1.54, 1.807) is 0 Å². The molecule has 0 amide bonds. The van der Waals surface area contributed by atoms with Gasteiger partial charge in [-0.05, 0) is 44.9 Å². The summed E-state index contributed by atoms with van der Waals surface area (Å²) in [6.45, 7) is 5.01. The van der Waals surface area contributed by atoms with Crippen molar-refractivity contribution in [3.8, 4) is 0 Å². The second-order valence-corrected chi connectivity index (χ2v) is 6.54. The van der Waals surface area contributed by atoms with Crippen LogP contribution in [0.1, 0.15) is 40.0 Å². The lowest BCUT2D eigenvalue weighted by molar-refractivity contribution is -0.507. The standard InChI is InChI=1S/C14H21NO4/c1-10(16)19-13(2,3)8-14(9-15(17)18)7-11-5-4-6-12(11)14/h4,6,11-12H,5,7-9H2,1-3H3/t11-,12-,14-/m1/s1. The Hall–Kier alpha value is -1.39. The van der Waals surface area contributed by atoms with Crippen LogP contribution in [0.3, 0.4) is 0 Å². The van der Waals surface area contributed by atoms with Gasteiger partial charge in [-0.15, -0.1) is 0 Å². The molecule has 1 saturated carbocycles. The van der Waals surface area contributed by atoms with Gasteiger partial charge in [0.25, 0.3) is 0 Å². The number of carbonyl (C=O) groups excluding carboxylic acids is 1. The van der Waals surface area contributed by atoms with Gasteiger partial charge in [-0.25, -0.2) is 0 Å². The first kappa shape index (κ1) is 14.0. The molecule has 3 atom stereocenters. The lowest BCUT2D eigenvalue weighted by Crippen LogP contribution is -2.53. The Bertz CT molecular complexity index is 429. The number of hydrogen-bond donors (Lipinski definition) is 0. The summed E-state index contributed by atoms with van der Waals surface area (Å²) in [5, 5.41) is 11.0. The minimum absolute atomic E-state index is 0.0385. The van der Waals surface area contributed by atoms with Gasteiger partial charge in [-0.2, -0.15) is 0 Å². The zero-order chi connectivity index (χ0) is 14.3. The number of hydrogen-bond acceptors (Lipinski definition) is 4. The molecule has 0 unspecified atom stereocenters. The Labute approximate surface area is 113 Å². The fourth-order valence-electron chi connectivity index (χ4n) is 4.06. The van der Waals surface area contributed by atoms with Gasteiger partial charge in [0.05, 0.1) is 0 Å². The fraction of sp³-hybridized carbons (Fsp3) is 0.786. The van der Waals surface area contributed by atoms with Gasteiger partial charge in [-0.3, -0.25) is 14.9 Å². The van der Waals surface area contributed by atoms with Crippen molar-refractivity contribution in [1.82, 2.24) is 0 Å². The predicted molar refractivity (Wildman–Crippen MR) is 70.1 cm³/mol. The van der Waals surface area contributed by atoms with Gasteiger partial charge in [-0.1, -0.05) is 12.2 Å². The first-order chi connectivity index (χ1) is 8.74. The first-order valence-electron chi connectivity index (χ1n) is 6.72. The number of allylic oxidation sites excluding steroid dienone is 2. The summed E-state index contributed by atoms with van der Waals surface area (Å²) in [7, 11) is 0. The molecule has 0 saturated heterocycles. The van der Waals surface area contributed by atoms with E-state index in [1.165, 1.54) is 6.92 Å². The lowest BCUT2D eigenvalue weighted by atomic mass is 9.52. The molecule has 1 fully saturated rings. The topological polar surface area (TPSA) is 69.4 Å². The van der Waals surface area contributed by atoms with E-state index in [1.807, 2.05) is 13.8 Å². The molecular weight excluding hydrogens is 246 g/mol. The van der Waals surface area contributed by atoms with Crippen LogP contribution >= 0.6 is 0 Å². The largest absolute Gasteiger partial charge is 0.460 e. The van der Waals surface area contributed by atoms with E-state index in [2.05, 4.69) is 12.2 Å². The number of ether oxygens (including phenoxy) is 1. The molecule has 0 aromatic rings. The van der Waals surface area contributed by atoms with Crippen molar-refractivity contribution < 1.29 is 14.5 Å². The molecule has 0 spiro atoms. The van der Waals surface area contributed by atoms with Crippen LogP contribution in [0.5, 0.6) is 0 Å². The summed E-state index contributed by atoms with van der Waals surface area (Å²) < 4.78 is 5.31. The maximum Gasteiger partial charge on any atom is 0.303 e. The van der Waals surface area contributed by atoms with Crippen LogP contribution in [0.25, 0.3) is 0 Å². The summed E-state index contributed by atoms with van der Waals surface area (Å²) >= 11 is 0. The third kappa shape index (κ3) is 2.80. The normalized spacial score (nSPS) is 32.6. The molecule has 0 radical (unpaired) electrons. The summed E-state index contributed by atoms with van der Waals surface area (Å²) in [6, 6.07) is 0. The number of fused-ring (bicyclic) bond motifs is 1. The summed E-state index contributed by atoms with van der Waals surface area (Å²) in [4.78, 5) is 21.9. The molecule has 19 heavy (non-hydrogen) atoms. The van der Waals surface area contributed by atoms with Crippen molar-refractivity contribution in [2.45, 2.75) is 45.6 Å². The van der Waals surface area contributed by atoms with Gasteiger partial charge in [0.2, 0.25) is 6.54 Å². The number of rotatable bonds is 5. The molecule has 0 N–H and O–H groups in total. The van der Waals surface area contributed by atoms with Gasteiger partial charge >= 0.3 is 5.97 Å². The van der Waals surface area contributed by atoms with E-state index in [0.717, 1.165) is 12.8 Å². The highest BCUT2D eigenvalue weighted by atomic mass is 16.6. The number of carbonyl (C=O) groups is 1. The Morgan fingerprint density at radius 2 is 2.26 bits per heavy atom. The van der Waals surface area contributed by atoms with Crippen molar-refractivity contribution in [3.63, 3.8) is 0 Å². The van der Waals surface area contributed by atoms with Crippen LogP contribution in [-0.2, 0) is 9.53 Å². The Balaban J connectivity index is 2.13. The van der Waals surface area contributed by atoms with E-state index >= 15 is 0 Å².